The molecular formula is C20H17Cl2N3O3S2. The summed E-state index contributed by atoms with van der Waals surface area (Å²) in [4.78, 5) is 17.0. The first kappa shape index (κ1) is 21.3. The minimum Gasteiger partial charge on any atom is -0.298 e. The number of carbonyl (C=O) groups excluding carboxylic acids is 1. The molecule has 0 unspecified atom stereocenters. The maximum absolute atomic E-state index is 12.8. The first-order chi connectivity index (χ1) is 14.2. The van der Waals surface area contributed by atoms with Gasteiger partial charge in [-0.1, -0.05) is 53.0 Å². The van der Waals surface area contributed by atoms with E-state index < -0.39 is 15.9 Å². The number of carbonyl (C=O) groups is 1. The SMILES string of the molecule is Cc1ccc(-c2csc(NC(=O)c3cc(S(=O)(=O)NC4CC4)c(Cl)cc3Cl)n2)cc1. The molecule has 0 spiro atoms. The third-order valence-electron chi connectivity index (χ3n) is 4.53. The third-order valence-corrected chi connectivity index (χ3v) is 7.58. The fourth-order valence-electron chi connectivity index (χ4n) is 2.75. The summed E-state index contributed by atoms with van der Waals surface area (Å²) >= 11 is 13.5. The topological polar surface area (TPSA) is 88.2 Å². The number of amides is 1. The van der Waals surface area contributed by atoms with Crippen LogP contribution in [0.15, 0.2) is 46.7 Å². The van der Waals surface area contributed by atoms with Crippen LogP contribution in [0.4, 0.5) is 5.13 Å². The molecule has 0 bridgehead atoms. The van der Waals surface area contributed by atoms with Crippen LogP contribution in [0.5, 0.6) is 0 Å². The molecule has 2 N–H and O–H groups in total. The van der Waals surface area contributed by atoms with Crippen LogP contribution in [0.3, 0.4) is 0 Å². The number of hydrogen-bond acceptors (Lipinski definition) is 5. The van der Waals surface area contributed by atoms with Crippen LogP contribution >= 0.6 is 34.5 Å². The highest BCUT2D eigenvalue weighted by Crippen LogP contribution is 2.32. The van der Waals surface area contributed by atoms with Gasteiger partial charge in [0.25, 0.3) is 5.91 Å². The van der Waals surface area contributed by atoms with Gasteiger partial charge in [-0.25, -0.2) is 18.1 Å². The van der Waals surface area contributed by atoms with Gasteiger partial charge in [0, 0.05) is 17.0 Å². The predicted octanol–water partition coefficient (Wildman–Crippen LogP) is 5.12. The zero-order valence-electron chi connectivity index (χ0n) is 15.8. The predicted molar refractivity (Wildman–Crippen MR) is 120 cm³/mol. The van der Waals surface area contributed by atoms with Gasteiger partial charge in [-0.3, -0.25) is 10.1 Å². The van der Waals surface area contributed by atoms with Crippen molar-refractivity contribution in [2.75, 3.05) is 5.32 Å². The number of aromatic nitrogens is 1. The lowest BCUT2D eigenvalue weighted by atomic mass is 10.1. The van der Waals surface area contributed by atoms with Crippen LogP contribution in [0.2, 0.25) is 10.0 Å². The molecule has 1 amide bonds. The molecule has 1 aliphatic carbocycles. The summed E-state index contributed by atoms with van der Waals surface area (Å²) in [6.45, 7) is 2.00. The molecule has 0 saturated heterocycles. The fourth-order valence-corrected chi connectivity index (χ4v) is 5.62. The average Bonchev–Trinajstić information content (AvgIpc) is 3.36. The molecule has 1 fully saturated rings. The lowest BCUT2D eigenvalue weighted by Crippen LogP contribution is -2.26. The zero-order valence-corrected chi connectivity index (χ0v) is 18.9. The van der Waals surface area contributed by atoms with Gasteiger partial charge in [-0.05, 0) is 31.9 Å². The number of rotatable bonds is 6. The molecule has 4 rings (SSSR count). The number of anilines is 1. The Morgan fingerprint density at radius 3 is 2.50 bits per heavy atom. The molecule has 0 aliphatic heterocycles. The van der Waals surface area contributed by atoms with E-state index in [9.17, 15) is 13.2 Å². The number of thiazole rings is 1. The summed E-state index contributed by atoms with van der Waals surface area (Å²) in [5, 5.41) is 4.90. The second-order valence-corrected chi connectivity index (χ2v) is 10.4. The highest BCUT2D eigenvalue weighted by Gasteiger charge is 2.30. The molecule has 1 saturated carbocycles. The van der Waals surface area contributed by atoms with Gasteiger partial charge < -0.3 is 0 Å². The van der Waals surface area contributed by atoms with E-state index in [4.69, 9.17) is 23.2 Å². The minimum atomic E-state index is -3.84. The molecule has 0 radical (unpaired) electrons. The van der Waals surface area contributed by atoms with Gasteiger partial charge in [-0.15, -0.1) is 11.3 Å². The number of benzene rings is 2. The first-order valence-corrected chi connectivity index (χ1v) is 12.2. The molecular weight excluding hydrogens is 465 g/mol. The minimum absolute atomic E-state index is 0.00400. The summed E-state index contributed by atoms with van der Waals surface area (Å²) in [7, 11) is -3.84. The Bertz CT molecular complexity index is 1220. The highest BCUT2D eigenvalue weighted by molar-refractivity contribution is 7.89. The lowest BCUT2D eigenvalue weighted by molar-refractivity contribution is 0.102. The maximum Gasteiger partial charge on any atom is 0.259 e. The molecule has 2 aromatic carbocycles. The van der Waals surface area contributed by atoms with Crippen LogP contribution in [0, 0.1) is 6.92 Å². The van der Waals surface area contributed by atoms with E-state index in [-0.39, 0.29) is 26.5 Å². The summed E-state index contributed by atoms with van der Waals surface area (Å²) in [6, 6.07) is 10.2. The Labute approximate surface area is 188 Å². The number of nitrogens with zero attached hydrogens (tertiary/aromatic N) is 1. The van der Waals surface area contributed by atoms with Crippen LogP contribution in [0.1, 0.15) is 28.8 Å². The fraction of sp³-hybridized carbons (Fsp3) is 0.200. The molecule has 30 heavy (non-hydrogen) atoms. The van der Waals surface area contributed by atoms with E-state index in [1.54, 1.807) is 0 Å². The van der Waals surface area contributed by atoms with E-state index in [0.717, 1.165) is 29.7 Å². The van der Waals surface area contributed by atoms with Crippen molar-refractivity contribution in [1.29, 1.82) is 0 Å². The third kappa shape index (κ3) is 4.68. The largest absolute Gasteiger partial charge is 0.298 e. The van der Waals surface area contributed by atoms with Gasteiger partial charge in [0.1, 0.15) is 4.90 Å². The van der Waals surface area contributed by atoms with Crippen molar-refractivity contribution in [3.63, 3.8) is 0 Å². The van der Waals surface area contributed by atoms with Gasteiger partial charge in [0.05, 0.1) is 21.3 Å². The lowest BCUT2D eigenvalue weighted by Gasteiger charge is -2.11. The van der Waals surface area contributed by atoms with Crippen molar-refractivity contribution in [2.45, 2.75) is 30.7 Å². The second-order valence-electron chi connectivity index (χ2n) is 7.02. The standard InChI is InChI=1S/C20H17Cl2N3O3S2/c1-11-2-4-12(5-3-11)17-10-29-20(23-17)24-19(26)14-8-18(16(22)9-15(14)21)30(27,28)25-13-6-7-13/h2-5,8-10,13,25H,6-7H2,1H3,(H,23,24,26). The first-order valence-electron chi connectivity index (χ1n) is 9.08. The summed E-state index contributed by atoms with van der Waals surface area (Å²) in [5.41, 5.74) is 2.81. The van der Waals surface area contributed by atoms with E-state index in [0.29, 0.717) is 5.13 Å². The Morgan fingerprint density at radius 1 is 1.13 bits per heavy atom. The van der Waals surface area contributed by atoms with E-state index >= 15 is 0 Å². The van der Waals surface area contributed by atoms with Gasteiger partial charge in [-0.2, -0.15) is 0 Å². The Morgan fingerprint density at radius 2 is 1.83 bits per heavy atom. The molecule has 1 heterocycles. The van der Waals surface area contributed by atoms with Crippen LogP contribution < -0.4 is 10.0 Å². The number of sulfonamides is 1. The van der Waals surface area contributed by atoms with Crippen LogP contribution in [-0.2, 0) is 10.0 Å². The van der Waals surface area contributed by atoms with E-state index in [1.165, 1.54) is 23.5 Å². The maximum atomic E-state index is 12.8. The molecule has 3 aromatic rings. The number of hydrogen-bond donors (Lipinski definition) is 2. The monoisotopic (exact) mass is 481 g/mol. The van der Waals surface area contributed by atoms with Crippen molar-refractivity contribution in [3.8, 4) is 11.3 Å². The molecule has 1 aromatic heterocycles. The van der Waals surface area contributed by atoms with Crippen molar-refractivity contribution < 1.29 is 13.2 Å². The summed E-state index contributed by atoms with van der Waals surface area (Å²) in [5.74, 6) is -0.565. The highest BCUT2D eigenvalue weighted by atomic mass is 35.5. The molecule has 6 nitrogen and oxygen atoms in total. The van der Waals surface area contributed by atoms with E-state index in [1.807, 2.05) is 36.6 Å². The van der Waals surface area contributed by atoms with Gasteiger partial charge >= 0.3 is 0 Å². The Hall–Kier alpha value is -1.97. The van der Waals surface area contributed by atoms with Crippen LogP contribution in [0.25, 0.3) is 11.3 Å². The van der Waals surface area contributed by atoms with Crippen molar-refractivity contribution in [2.24, 2.45) is 0 Å². The Kier molecular flexibility index (Phi) is 5.87. The smallest absolute Gasteiger partial charge is 0.259 e. The summed E-state index contributed by atoms with van der Waals surface area (Å²) in [6.07, 6.45) is 1.57. The van der Waals surface area contributed by atoms with Crippen molar-refractivity contribution >= 4 is 55.6 Å². The van der Waals surface area contributed by atoms with Gasteiger partial charge in [0.2, 0.25) is 10.0 Å². The second kappa shape index (κ2) is 8.28. The number of nitrogens with one attached hydrogen (secondary N) is 2. The van der Waals surface area contributed by atoms with Crippen molar-refractivity contribution in [1.82, 2.24) is 9.71 Å². The molecule has 0 atom stereocenters. The molecule has 1 aliphatic rings. The van der Waals surface area contributed by atoms with Crippen LogP contribution in [-0.4, -0.2) is 25.4 Å². The average molecular weight is 482 g/mol. The molecule has 156 valence electrons. The van der Waals surface area contributed by atoms with E-state index in [2.05, 4.69) is 15.0 Å². The molecule has 10 heteroatoms. The quantitative estimate of drug-likeness (QED) is 0.511. The van der Waals surface area contributed by atoms with Crippen molar-refractivity contribution in [3.05, 3.63) is 63.0 Å². The van der Waals surface area contributed by atoms with Gasteiger partial charge in [0.15, 0.2) is 5.13 Å². The summed E-state index contributed by atoms with van der Waals surface area (Å²) < 4.78 is 27.7. The number of halogens is 2. The normalized spacial score (nSPS) is 14.0. The Balaban J connectivity index is 1.57. The zero-order chi connectivity index (χ0) is 21.5. The number of aryl methyl sites for hydroxylation is 1.